The van der Waals surface area contributed by atoms with Crippen molar-refractivity contribution in [2.45, 2.75) is 27.7 Å². The molecule has 0 amide bonds. The van der Waals surface area contributed by atoms with Crippen LogP contribution in [0, 0.1) is 0 Å². The number of nitrogens with zero attached hydrogens (tertiary/aromatic N) is 2. The molecule has 0 unspecified atom stereocenters. The van der Waals surface area contributed by atoms with Gasteiger partial charge in [0.15, 0.2) is 12.4 Å². The van der Waals surface area contributed by atoms with Gasteiger partial charge in [0.25, 0.3) is 0 Å². The highest BCUT2D eigenvalue weighted by atomic mass is 15.0. The van der Waals surface area contributed by atoms with Gasteiger partial charge in [0.2, 0.25) is 22.8 Å². The summed E-state index contributed by atoms with van der Waals surface area (Å²) in [5.74, 6) is 0. The first-order chi connectivity index (χ1) is 12.6. The van der Waals surface area contributed by atoms with Crippen LogP contribution in [0.4, 0.5) is 0 Å². The third-order valence-corrected chi connectivity index (χ3v) is 5.52. The predicted octanol–water partition coefficient (Wildman–Crippen LogP) is 4.81. The molecule has 26 heavy (non-hydrogen) atoms. The van der Waals surface area contributed by atoms with E-state index in [9.17, 15) is 0 Å². The molecule has 2 aromatic heterocycles. The number of fused-ring (bicyclic) bond motifs is 2. The van der Waals surface area contributed by atoms with Gasteiger partial charge >= 0.3 is 0 Å². The van der Waals surface area contributed by atoms with E-state index in [1.807, 2.05) is 0 Å². The van der Waals surface area contributed by atoms with Gasteiger partial charge in [-0.1, -0.05) is 12.2 Å². The smallest absolute Gasteiger partial charge is 0.160 e. The summed E-state index contributed by atoms with van der Waals surface area (Å²) in [6.45, 7) is 8.77. The Bertz CT molecular complexity index is 974. The predicted molar refractivity (Wildman–Crippen MR) is 107 cm³/mol. The Labute approximate surface area is 155 Å². The van der Waals surface area contributed by atoms with Crippen molar-refractivity contribution in [1.29, 1.82) is 0 Å². The van der Waals surface area contributed by atoms with Crippen LogP contribution in [0.5, 0.6) is 0 Å². The van der Waals surface area contributed by atoms with Crippen LogP contribution in [0.3, 0.4) is 0 Å². The van der Waals surface area contributed by atoms with Gasteiger partial charge in [0.05, 0.1) is 0 Å². The van der Waals surface area contributed by atoms with Crippen molar-refractivity contribution in [2.75, 3.05) is 0 Å². The fourth-order valence-electron chi connectivity index (χ4n) is 3.75. The van der Waals surface area contributed by atoms with Crippen LogP contribution in [-0.2, 0) is 0 Å². The molecule has 0 fully saturated rings. The number of hydrogen-bond acceptors (Lipinski definition) is 0. The summed E-state index contributed by atoms with van der Waals surface area (Å²) in [4.78, 5) is 0. The molecule has 2 heteroatoms. The topological polar surface area (TPSA) is 7.76 Å². The Morgan fingerprint density at radius 1 is 0.577 bits per heavy atom. The number of hydrogen-bond donors (Lipinski definition) is 0. The molecule has 0 saturated heterocycles. The Hall–Kier alpha value is -3.00. The van der Waals surface area contributed by atoms with Gasteiger partial charge in [0.1, 0.15) is 0 Å². The number of allylic oxidation sites excluding steroid dienone is 10. The van der Waals surface area contributed by atoms with E-state index in [1.54, 1.807) is 0 Å². The monoisotopic (exact) mass is 340 g/mol. The molecule has 0 aliphatic carbocycles. The van der Waals surface area contributed by atoms with E-state index in [0.717, 1.165) is 0 Å². The summed E-state index contributed by atoms with van der Waals surface area (Å²) in [7, 11) is 0. The molecule has 4 heterocycles. The van der Waals surface area contributed by atoms with Crippen LogP contribution < -0.4 is 9.13 Å². The van der Waals surface area contributed by atoms with Gasteiger partial charge in [-0.25, -0.2) is 0 Å². The fourth-order valence-corrected chi connectivity index (χ4v) is 3.75. The number of aromatic nitrogens is 2. The summed E-state index contributed by atoms with van der Waals surface area (Å²) in [6.07, 6.45) is 12.9. The van der Waals surface area contributed by atoms with Gasteiger partial charge < -0.3 is 0 Å². The highest BCUT2D eigenvalue weighted by Crippen LogP contribution is 2.29. The molecule has 0 aromatic carbocycles. The van der Waals surface area contributed by atoms with Crippen LogP contribution in [0.2, 0.25) is 0 Å². The molecule has 4 rings (SSSR count). The van der Waals surface area contributed by atoms with Crippen molar-refractivity contribution in [1.82, 2.24) is 0 Å². The Kier molecular flexibility index (Phi) is 4.04. The van der Waals surface area contributed by atoms with E-state index in [1.165, 1.54) is 45.1 Å². The van der Waals surface area contributed by atoms with Crippen molar-refractivity contribution in [3.8, 4) is 0 Å². The van der Waals surface area contributed by atoms with Crippen molar-refractivity contribution in [3.05, 3.63) is 95.6 Å². The van der Waals surface area contributed by atoms with Gasteiger partial charge in [-0.2, -0.15) is 9.13 Å². The first-order valence-corrected chi connectivity index (χ1v) is 9.07. The summed E-state index contributed by atoms with van der Waals surface area (Å²) >= 11 is 0. The van der Waals surface area contributed by atoms with Crippen LogP contribution in [0.15, 0.2) is 84.2 Å². The van der Waals surface area contributed by atoms with E-state index >= 15 is 0 Å². The summed E-state index contributed by atoms with van der Waals surface area (Å²) in [5, 5.41) is 0. The van der Waals surface area contributed by atoms with E-state index in [4.69, 9.17) is 0 Å². The van der Waals surface area contributed by atoms with Crippen LogP contribution in [-0.4, -0.2) is 0 Å². The highest BCUT2D eigenvalue weighted by molar-refractivity contribution is 5.81. The second-order valence-corrected chi connectivity index (χ2v) is 6.90. The average molecular weight is 340 g/mol. The lowest BCUT2D eigenvalue weighted by molar-refractivity contribution is -0.578. The second kappa shape index (κ2) is 6.38. The van der Waals surface area contributed by atoms with E-state index in [0.29, 0.717) is 0 Å². The molecule has 128 valence electrons. The SMILES string of the molecule is CC1=C(C)c2cccc[n+]2C1=CC=CC=C1C(C)=C(C)c2cccc[n+]21. The fraction of sp³-hybridized carbons (Fsp3) is 0.167. The molecule has 2 aliphatic rings. The first kappa shape index (κ1) is 16.5. The van der Waals surface area contributed by atoms with E-state index in [-0.39, 0.29) is 0 Å². The lowest BCUT2D eigenvalue weighted by Crippen LogP contribution is -2.32. The van der Waals surface area contributed by atoms with Gasteiger partial charge in [-0.3, -0.25) is 0 Å². The summed E-state index contributed by atoms with van der Waals surface area (Å²) in [6, 6.07) is 12.7. The van der Waals surface area contributed by atoms with Gasteiger partial charge in [0, 0.05) is 58.7 Å². The molecule has 2 nitrogen and oxygen atoms in total. The molecular formula is C24H24N2+2. The maximum atomic E-state index is 2.26. The lowest BCUT2D eigenvalue weighted by atomic mass is 10.1. The standard InChI is InChI=1S/C24H24N2/c1-17-19(3)23-13-7-9-15-25(23)21(17)11-5-6-12-22-18(2)20(4)24-14-8-10-16-26(22)24/h5-16H,1-4H3/q+2. The molecule has 0 N–H and O–H groups in total. The zero-order valence-electron chi connectivity index (χ0n) is 15.8. The molecular weight excluding hydrogens is 316 g/mol. The largest absolute Gasteiger partial charge is 0.214 e. The quantitative estimate of drug-likeness (QED) is 0.693. The Morgan fingerprint density at radius 2 is 1.00 bits per heavy atom. The van der Waals surface area contributed by atoms with Crippen molar-refractivity contribution < 1.29 is 9.13 Å². The number of rotatable bonds is 2. The van der Waals surface area contributed by atoms with Gasteiger partial charge in [-0.05, 0) is 39.8 Å². The Morgan fingerprint density at radius 3 is 1.42 bits per heavy atom. The zero-order chi connectivity index (χ0) is 18.3. The third-order valence-electron chi connectivity index (χ3n) is 5.52. The molecule has 0 radical (unpaired) electrons. The minimum Gasteiger partial charge on any atom is -0.160 e. The maximum absolute atomic E-state index is 2.26. The molecule has 0 spiro atoms. The molecule has 0 saturated carbocycles. The third kappa shape index (κ3) is 2.50. The van der Waals surface area contributed by atoms with Crippen molar-refractivity contribution in [3.63, 3.8) is 0 Å². The molecule has 0 bridgehead atoms. The van der Waals surface area contributed by atoms with Crippen LogP contribution >= 0.6 is 0 Å². The van der Waals surface area contributed by atoms with E-state index in [2.05, 4.69) is 110 Å². The summed E-state index contributed by atoms with van der Waals surface area (Å²) in [5.41, 5.74) is 10.4. The molecule has 0 atom stereocenters. The lowest BCUT2D eigenvalue weighted by Gasteiger charge is -1.95. The average Bonchev–Trinajstić information content (AvgIpc) is 3.06. The minimum absolute atomic E-state index is 1.25. The maximum Gasteiger partial charge on any atom is 0.214 e. The van der Waals surface area contributed by atoms with Crippen LogP contribution in [0.25, 0.3) is 22.5 Å². The zero-order valence-corrected chi connectivity index (χ0v) is 15.8. The van der Waals surface area contributed by atoms with Crippen LogP contribution in [0.1, 0.15) is 39.1 Å². The van der Waals surface area contributed by atoms with Gasteiger partial charge in [-0.15, -0.1) is 0 Å². The second-order valence-electron chi connectivity index (χ2n) is 6.90. The summed E-state index contributed by atoms with van der Waals surface area (Å²) < 4.78 is 4.52. The molecule has 2 aromatic rings. The Balaban J connectivity index is 1.67. The van der Waals surface area contributed by atoms with Crippen molar-refractivity contribution in [2.24, 2.45) is 0 Å². The number of pyridine rings is 2. The highest BCUT2D eigenvalue weighted by Gasteiger charge is 2.29. The van der Waals surface area contributed by atoms with E-state index < -0.39 is 0 Å². The van der Waals surface area contributed by atoms with Crippen molar-refractivity contribution >= 4 is 22.5 Å². The normalized spacial score (nSPS) is 19.2. The first-order valence-electron chi connectivity index (χ1n) is 9.07. The molecule has 2 aliphatic heterocycles. The minimum atomic E-state index is 1.25.